The molecule has 0 saturated heterocycles. The third kappa shape index (κ3) is 6.34. The number of methoxy groups -OCH3 is 2. The van der Waals surface area contributed by atoms with Gasteiger partial charge in [-0.05, 0) is 67.5 Å². The molecule has 0 fully saturated rings. The van der Waals surface area contributed by atoms with E-state index in [4.69, 9.17) is 9.47 Å². The van der Waals surface area contributed by atoms with Gasteiger partial charge in [-0.15, -0.1) is 0 Å². The maximum absolute atomic E-state index is 10.2. The summed E-state index contributed by atoms with van der Waals surface area (Å²) in [7, 11) is 2.99. The van der Waals surface area contributed by atoms with Crippen LogP contribution in [0.3, 0.4) is 0 Å². The van der Waals surface area contributed by atoms with Crippen molar-refractivity contribution in [2.45, 2.75) is 44.3 Å². The molecule has 0 aliphatic carbocycles. The normalized spacial score (nSPS) is 13.2. The second-order valence-electron chi connectivity index (χ2n) is 6.63. The van der Waals surface area contributed by atoms with E-state index in [9.17, 15) is 20.4 Å². The van der Waals surface area contributed by atoms with Crippen LogP contribution < -0.4 is 9.47 Å². The molecule has 4 N–H and O–H groups in total. The lowest BCUT2D eigenvalue weighted by molar-refractivity contribution is 0.0714. The van der Waals surface area contributed by atoms with Crippen molar-refractivity contribution in [1.82, 2.24) is 0 Å². The first kappa shape index (κ1) is 20.9. The molecule has 2 aromatic rings. The molecule has 6 heteroatoms. The maximum Gasteiger partial charge on any atom is 0.160 e. The van der Waals surface area contributed by atoms with E-state index >= 15 is 0 Å². The zero-order valence-corrected chi connectivity index (χ0v) is 15.8. The summed E-state index contributed by atoms with van der Waals surface area (Å²) in [6.45, 7) is 0. The van der Waals surface area contributed by atoms with Gasteiger partial charge in [-0.25, -0.2) is 0 Å². The number of phenols is 2. The smallest absolute Gasteiger partial charge is 0.160 e. The molecular weight excluding hydrogens is 348 g/mol. The maximum atomic E-state index is 10.2. The Labute approximate surface area is 159 Å². The SMILES string of the molecule is COc1cc(CC[C@@H](O)C[C@H](O)CCc2ccc(O)c(OC)c2)ccc1O. The van der Waals surface area contributed by atoms with Crippen molar-refractivity contribution < 1.29 is 29.9 Å². The van der Waals surface area contributed by atoms with E-state index < -0.39 is 12.2 Å². The zero-order valence-electron chi connectivity index (χ0n) is 15.8. The highest BCUT2D eigenvalue weighted by Crippen LogP contribution is 2.28. The summed E-state index contributed by atoms with van der Waals surface area (Å²) in [5, 5.41) is 39.6. The predicted molar refractivity (Wildman–Crippen MR) is 103 cm³/mol. The Bertz CT molecular complexity index is 669. The van der Waals surface area contributed by atoms with E-state index in [0.717, 1.165) is 11.1 Å². The van der Waals surface area contributed by atoms with Crippen molar-refractivity contribution in [3.05, 3.63) is 47.5 Å². The monoisotopic (exact) mass is 376 g/mol. The minimum absolute atomic E-state index is 0.0862. The Kier molecular flexibility index (Phi) is 7.76. The number of ether oxygens (including phenoxy) is 2. The summed E-state index contributed by atoms with van der Waals surface area (Å²) in [5.41, 5.74) is 1.91. The van der Waals surface area contributed by atoms with Crippen LogP contribution in [0.4, 0.5) is 0 Å². The molecule has 0 spiro atoms. The molecule has 0 aliphatic heterocycles. The molecule has 0 aliphatic rings. The first-order chi connectivity index (χ1) is 12.9. The third-order valence-corrected chi connectivity index (χ3v) is 4.56. The number of aliphatic hydroxyl groups excluding tert-OH is 2. The Hall–Kier alpha value is -2.44. The van der Waals surface area contributed by atoms with Crippen LogP contribution in [0, 0.1) is 0 Å². The standard InChI is InChI=1S/C21H28O6/c1-26-20-11-14(5-9-18(20)24)3-7-16(22)13-17(23)8-4-15-6-10-19(25)21(12-15)27-2/h5-6,9-12,16-17,22-25H,3-4,7-8,13H2,1-2H3/t16-,17-/m1/s1. The number of hydrogen-bond donors (Lipinski definition) is 4. The summed E-state index contributed by atoms with van der Waals surface area (Å²) in [6, 6.07) is 10.2. The molecule has 0 bridgehead atoms. The summed E-state index contributed by atoms with van der Waals surface area (Å²) < 4.78 is 10.2. The molecule has 0 aromatic heterocycles. The molecule has 0 amide bonds. The van der Waals surface area contributed by atoms with Gasteiger partial charge in [0.25, 0.3) is 0 Å². The number of rotatable bonds is 10. The van der Waals surface area contributed by atoms with Gasteiger partial charge in [0.05, 0.1) is 26.4 Å². The highest BCUT2D eigenvalue weighted by atomic mass is 16.5. The highest BCUT2D eigenvalue weighted by Gasteiger charge is 2.13. The summed E-state index contributed by atoms with van der Waals surface area (Å²) in [6.07, 6.45) is 1.34. The van der Waals surface area contributed by atoms with Gasteiger partial charge in [0.2, 0.25) is 0 Å². The van der Waals surface area contributed by atoms with E-state index in [-0.39, 0.29) is 11.5 Å². The number of benzene rings is 2. The number of aryl methyl sites for hydroxylation is 2. The zero-order chi connectivity index (χ0) is 19.8. The lowest BCUT2D eigenvalue weighted by atomic mass is 9.99. The van der Waals surface area contributed by atoms with Gasteiger partial charge < -0.3 is 29.9 Å². The first-order valence-corrected chi connectivity index (χ1v) is 9.00. The van der Waals surface area contributed by atoms with E-state index in [1.54, 1.807) is 36.4 Å². The predicted octanol–water partition coefficient (Wildman–Crippen LogP) is 2.79. The average molecular weight is 376 g/mol. The van der Waals surface area contributed by atoms with Crippen LogP contribution in [-0.2, 0) is 12.8 Å². The van der Waals surface area contributed by atoms with Gasteiger partial charge in [0.15, 0.2) is 23.0 Å². The highest BCUT2D eigenvalue weighted by molar-refractivity contribution is 5.42. The molecule has 0 heterocycles. The Morgan fingerprint density at radius 1 is 0.741 bits per heavy atom. The molecule has 0 saturated carbocycles. The Morgan fingerprint density at radius 2 is 1.15 bits per heavy atom. The Morgan fingerprint density at radius 3 is 1.52 bits per heavy atom. The van der Waals surface area contributed by atoms with Crippen molar-refractivity contribution in [3.8, 4) is 23.0 Å². The van der Waals surface area contributed by atoms with Crippen molar-refractivity contribution in [1.29, 1.82) is 0 Å². The van der Waals surface area contributed by atoms with Gasteiger partial charge in [0, 0.05) is 0 Å². The van der Waals surface area contributed by atoms with Gasteiger partial charge >= 0.3 is 0 Å². The van der Waals surface area contributed by atoms with Gasteiger partial charge in [0.1, 0.15) is 0 Å². The van der Waals surface area contributed by atoms with Crippen LogP contribution in [0.5, 0.6) is 23.0 Å². The molecule has 2 rings (SSSR count). The summed E-state index contributed by atoms with van der Waals surface area (Å²) in [5.74, 6) is 0.990. The second-order valence-corrected chi connectivity index (χ2v) is 6.63. The summed E-state index contributed by atoms with van der Waals surface area (Å²) in [4.78, 5) is 0. The molecule has 27 heavy (non-hydrogen) atoms. The second kappa shape index (κ2) is 10.0. The van der Waals surface area contributed by atoms with Crippen molar-refractivity contribution >= 4 is 0 Å². The van der Waals surface area contributed by atoms with Crippen molar-refractivity contribution in [2.75, 3.05) is 14.2 Å². The van der Waals surface area contributed by atoms with Crippen LogP contribution in [0.1, 0.15) is 30.4 Å². The molecule has 0 unspecified atom stereocenters. The van der Waals surface area contributed by atoms with Crippen LogP contribution in [0.2, 0.25) is 0 Å². The van der Waals surface area contributed by atoms with Crippen LogP contribution in [0.15, 0.2) is 36.4 Å². The number of aliphatic hydroxyl groups is 2. The fourth-order valence-corrected chi connectivity index (χ4v) is 2.97. The van der Waals surface area contributed by atoms with E-state index in [0.29, 0.717) is 43.6 Å². The topological polar surface area (TPSA) is 99.4 Å². The van der Waals surface area contributed by atoms with E-state index in [2.05, 4.69) is 0 Å². The molecular formula is C21H28O6. The third-order valence-electron chi connectivity index (χ3n) is 4.56. The average Bonchev–Trinajstić information content (AvgIpc) is 2.66. The Balaban J connectivity index is 1.77. The van der Waals surface area contributed by atoms with Gasteiger partial charge in [-0.3, -0.25) is 0 Å². The van der Waals surface area contributed by atoms with Crippen LogP contribution in [0.25, 0.3) is 0 Å². The van der Waals surface area contributed by atoms with Crippen molar-refractivity contribution in [2.24, 2.45) is 0 Å². The van der Waals surface area contributed by atoms with E-state index in [1.165, 1.54) is 14.2 Å². The fourth-order valence-electron chi connectivity index (χ4n) is 2.97. The molecule has 2 aromatic carbocycles. The molecule has 6 nitrogen and oxygen atoms in total. The van der Waals surface area contributed by atoms with Crippen molar-refractivity contribution in [3.63, 3.8) is 0 Å². The van der Waals surface area contributed by atoms with E-state index in [1.807, 2.05) is 0 Å². The lowest BCUT2D eigenvalue weighted by Crippen LogP contribution is -2.19. The molecule has 0 radical (unpaired) electrons. The number of hydrogen-bond acceptors (Lipinski definition) is 6. The minimum Gasteiger partial charge on any atom is -0.504 e. The number of aromatic hydroxyl groups is 2. The first-order valence-electron chi connectivity index (χ1n) is 9.00. The minimum atomic E-state index is -0.617. The fraction of sp³-hybridized carbons (Fsp3) is 0.429. The van der Waals surface area contributed by atoms with Crippen LogP contribution >= 0.6 is 0 Å². The largest absolute Gasteiger partial charge is 0.504 e. The van der Waals surface area contributed by atoms with Gasteiger partial charge in [-0.2, -0.15) is 0 Å². The van der Waals surface area contributed by atoms with Gasteiger partial charge in [-0.1, -0.05) is 12.1 Å². The quantitative estimate of drug-likeness (QED) is 0.509. The molecule has 2 atom stereocenters. The number of phenolic OH excluding ortho intramolecular Hbond substituents is 2. The lowest BCUT2D eigenvalue weighted by Gasteiger charge is -2.16. The molecule has 148 valence electrons. The summed E-state index contributed by atoms with van der Waals surface area (Å²) >= 11 is 0. The van der Waals surface area contributed by atoms with Crippen LogP contribution in [-0.4, -0.2) is 46.9 Å².